The number of aryl methyl sites for hydroxylation is 1. The van der Waals surface area contributed by atoms with E-state index in [1.54, 1.807) is 6.92 Å². The second-order valence-electron chi connectivity index (χ2n) is 8.95. The molecule has 1 aliphatic rings. The van der Waals surface area contributed by atoms with Crippen molar-refractivity contribution >= 4 is 34.8 Å². The maximum absolute atomic E-state index is 14.9. The summed E-state index contributed by atoms with van der Waals surface area (Å²) in [4.78, 5) is 12.7. The molecule has 206 valence electrons. The molecule has 0 aliphatic heterocycles. The van der Waals surface area contributed by atoms with Crippen LogP contribution >= 0.6 is 11.6 Å². The van der Waals surface area contributed by atoms with Gasteiger partial charge in [-0.3, -0.25) is 9.48 Å². The standard InChI is InChI=1S/C23H28ClF5N4O.O2S/c1-4-33-21(18-16(25)9-15(10-17(18)26)31-13(3)23(27,28)29)19(24)20(32-33)22(34)30-11-14-7-5-12(2)6-8-14;1-3-2/h9-10,12-14,31H,4-8,11H2,1-3H3,(H,30,34);/t12?,13-,14?;/m1./s1. The fourth-order valence-electron chi connectivity index (χ4n) is 4.12. The number of benzene rings is 1. The lowest BCUT2D eigenvalue weighted by atomic mass is 9.83. The van der Waals surface area contributed by atoms with Gasteiger partial charge in [0.2, 0.25) is 0 Å². The Hall–Kier alpha value is -2.54. The van der Waals surface area contributed by atoms with Crippen LogP contribution < -0.4 is 10.6 Å². The molecule has 3 rings (SSSR count). The summed E-state index contributed by atoms with van der Waals surface area (Å²) in [5, 5.41) is 8.76. The molecule has 1 fully saturated rings. The molecule has 0 bridgehead atoms. The molecular weight excluding hydrogens is 543 g/mol. The number of carbonyl (C=O) groups excluding carboxylic acids is 1. The number of hydrogen-bond acceptors (Lipinski definition) is 5. The van der Waals surface area contributed by atoms with Crippen molar-refractivity contribution in [3.05, 3.63) is 34.5 Å². The van der Waals surface area contributed by atoms with Crippen LogP contribution in [0.1, 0.15) is 56.9 Å². The Morgan fingerprint density at radius 1 is 1.19 bits per heavy atom. The van der Waals surface area contributed by atoms with E-state index in [9.17, 15) is 26.7 Å². The first-order valence-corrected chi connectivity index (χ1v) is 12.7. The van der Waals surface area contributed by atoms with Crippen molar-refractivity contribution in [2.75, 3.05) is 11.9 Å². The number of hydrogen-bond donors (Lipinski definition) is 2. The van der Waals surface area contributed by atoms with E-state index in [0.717, 1.165) is 44.7 Å². The zero-order chi connectivity index (χ0) is 27.9. The Morgan fingerprint density at radius 2 is 1.73 bits per heavy atom. The van der Waals surface area contributed by atoms with Gasteiger partial charge in [-0.2, -0.15) is 26.7 Å². The first kappa shape index (κ1) is 30.7. The SMILES string of the molecule is CCn1nc(C(=O)NCC2CCC(C)CC2)c(Cl)c1-c1c(F)cc(N[C@H](C)C(F)(F)F)cc1F.O=S=O. The number of aromatic nitrogens is 2. The monoisotopic (exact) mass is 570 g/mol. The van der Waals surface area contributed by atoms with E-state index < -0.39 is 46.9 Å². The predicted molar refractivity (Wildman–Crippen MR) is 130 cm³/mol. The van der Waals surface area contributed by atoms with E-state index in [1.165, 1.54) is 4.68 Å². The molecule has 7 nitrogen and oxygen atoms in total. The van der Waals surface area contributed by atoms with Gasteiger partial charge >= 0.3 is 17.7 Å². The Morgan fingerprint density at radius 3 is 2.22 bits per heavy atom. The molecule has 0 radical (unpaired) electrons. The number of alkyl halides is 3. The third-order valence-corrected chi connectivity index (χ3v) is 6.61. The molecule has 14 heteroatoms. The fraction of sp³-hybridized carbons (Fsp3) is 0.565. The molecule has 2 aromatic rings. The van der Waals surface area contributed by atoms with Gasteiger partial charge in [0.05, 0.1) is 16.3 Å². The molecular formula is C23H28ClF5N4O3S. The summed E-state index contributed by atoms with van der Waals surface area (Å²) in [6, 6.07) is -0.494. The van der Waals surface area contributed by atoms with E-state index in [0.29, 0.717) is 18.4 Å². The van der Waals surface area contributed by atoms with Crippen LogP contribution in [0.2, 0.25) is 5.02 Å². The molecule has 0 spiro atoms. The van der Waals surface area contributed by atoms with Crippen LogP contribution in [0.5, 0.6) is 0 Å². The second kappa shape index (κ2) is 13.3. The molecule has 1 heterocycles. The van der Waals surface area contributed by atoms with Crippen molar-refractivity contribution in [3.8, 4) is 11.3 Å². The van der Waals surface area contributed by atoms with Crippen molar-refractivity contribution < 1.29 is 35.2 Å². The van der Waals surface area contributed by atoms with Crippen LogP contribution in [-0.4, -0.2) is 42.9 Å². The highest BCUT2D eigenvalue weighted by molar-refractivity contribution is 7.51. The topological polar surface area (TPSA) is 93.1 Å². The van der Waals surface area contributed by atoms with E-state index in [2.05, 4.69) is 17.3 Å². The maximum Gasteiger partial charge on any atom is 0.408 e. The molecule has 0 unspecified atom stereocenters. The van der Waals surface area contributed by atoms with E-state index in [-0.39, 0.29) is 28.6 Å². The van der Waals surface area contributed by atoms with Crippen molar-refractivity contribution in [1.82, 2.24) is 15.1 Å². The number of anilines is 1. The van der Waals surface area contributed by atoms with Crippen LogP contribution in [0, 0.1) is 23.5 Å². The molecule has 0 saturated heterocycles. The molecule has 1 aromatic carbocycles. The van der Waals surface area contributed by atoms with Gasteiger partial charge in [0.15, 0.2) is 5.69 Å². The quantitative estimate of drug-likeness (QED) is 0.414. The highest BCUT2D eigenvalue weighted by atomic mass is 35.5. The summed E-state index contributed by atoms with van der Waals surface area (Å²) in [7, 11) is 0. The zero-order valence-corrected chi connectivity index (χ0v) is 22.0. The molecule has 1 saturated carbocycles. The minimum atomic E-state index is -4.59. The number of nitrogens with one attached hydrogen (secondary N) is 2. The maximum atomic E-state index is 14.9. The zero-order valence-electron chi connectivity index (χ0n) is 20.4. The fourth-order valence-corrected chi connectivity index (χ4v) is 4.44. The molecule has 1 aliphatic carbocycles. The summed E-state index contributed by atoms with van der Waals surface area (Å²) in [5.74, 6) is -1.78. The van der Waals surface area contributed by atoms with Gasteiger partial charge in [0.1, 0.15) is 17.7 Å². The highest BCUT2D eigenvalue weighted by Gasteiger charge is 2.36. The molecule has 1 atom stereocenters. The molecule has 1 amide bonds. The lowest BCUT2D eigenvalue weighted by molar-refractivity contribution is -0.138. The Kier molecular flexibility index (Phi) is 11.0. The predicted octanol–water partition coefficient (Wildman–Crippen LogP) is 5.75. The Labute approximate surface area is 219 Å². The van der Waals surface area contributed by atoms with Gasteiger partial charge in [-0.15, -0.1) is 0 Å². The second-order valence-corrected chi connectivity index (χ2v) is 9.47. The molecule has 37 heavy (non-hydrogen) atoms. The highest BCUT2D eigenvalue weighted by Crippen LogP contribution is 2.36. The Balaban J connectivity index is 0.00000153. The number of nitrogens with zero attached hydrogens (tertiary/aromatic N) is 2. The van der Waals surface area contributed by atoms with E-state index in [4.69, 9.17) is 20.0 Å². The minimum Gasteiger partial charge on any atom is -0.374 e. The Bertz CT molecular complexity index is 1110. The van der Waals surface area contributed by atoms with Crippen molar-refractivity contribution in [3.63, 3.8) is 0 Å². The summed E-state index contributed by atoms with van der Waals surface area (Å²) < 4.78 is 86.0. The summed E-state index contributed by atoms with van der Waals surface area (Å²) in [6.07, 6.45) is -0.378. The third kappa shape index (κ3) is 7.97. The van der Waals surface area contributed by atoms with Crippen LogP contribution in [0.4, 0.5) is 27.6 Å². The normalized spacial score (nSPS) is 18.4. The van der Waals surface area contributed by atoms with Crippen LogP contribution in [0.3, 0.4) is 0 Å². The van der Waals surface area contributed by atoms with Gasteiger partial charge in [-0.1, -0.05) is 31.4 Å². The number of rotatable bonds is 7. The van der Waals surface area contributed by atoms with Crippen molar-refractivity contribution in [2.24, 2.45) is 11.8 Å². The third-order valence-electron chi connectivity index (χ3n) is 6.25. The first-order chi connectivity index (χ1) is 17.3. The minimum absolute atomic E-state index is 0.147. The van der Waals surface area contributed by atoms with Crippen LogP contribution in [0.15, 0.2) is 12.1 Å². The van der Waals surface area contributed by atoms with E-state index in [1.807, 2.05) is 5.32 Å². The van der Waals surface area contributed by atoms with Gasteiger partial charge in [0.25, 0.3) is 5.91 Å². The largest absolute Gasteiger partial charge is 0.408 e. The number of carbonyl (C=O) groups is 1. The number of halogens is 6. The van der Waals surface area contributed by atoms with Crippen molar-refractivity contribution in [2.45, 2.75) is 65.2 Å². The van der Waals surface area contributed by atoms with Gasteiger partial charge in [0, 0.05) is 18.8 Å². The lowest BCUT2D eigenvalue weighted by Crippen LogP contribution is -2.33. The van der Waals surface area contributed by atoms with Crippen LogP contribution in [0.25, 0.3) is 11.3 Å². The summed E-state index contributed by atoms with van der Waals surface area (Å²) >= 11 is 5.61. The lowest BCUT2D eigenvalue weighted by Gasteiger charge is -2.26. The summed E-state index contributed by atoms with van der Waals surface area (Å²) in [5.41, 5.74) is -1.24. The van der Waals surface area contributed by atoms with Gasteiger partial charge in [-0.05, 0) is 50.7 Å². The molecule has 2 N–H and O–H groups in total. The smallest absolute Gasteiger partial charge is 0.374 e. The van der Waals surface area contributed by atoms with Crippen LogP contribution in [-0.2, 0) is 18.1 Å². The van der Waals surface area contributed by atoms with Gasteiger partial charge < -0.3 is 10.6 Å². The van der Waals surface area contributed by atoms with Gasteiger partial charge in [-0.25, -0.2) is 8.78 Å². The average molecular weight is 571 g/mol. The average Bonchev–Trinajstić information content (AvgIpc) is 3.14. The van der Waals surface area contributed by atoms with E-state index >= 15 is 0 Å². The summed E-state index contributed by atoms with van der Waals surface area (Å²) in [6.45, 7) is 5.31. The molecule has 1 aromatic heterocycles. The first-order valence-electron chi connectivity index (χ1n) is 11.6. The number of amides is 1. The van der Waals surface area contributed by atoms with Crippen molar-refractivity contribution in [1.29, 1.82) is 0 Å².